The number of aryl methyl sites for hydroxylation is 1. The zero-order valence-corrected chi connectivity index (χ0v) is 16.9. The van der Waals surface area contributed by atoms with Crippen molar-refractivity contribution >= 4 is 17.8 Å². The molecule has 1 unspecified atom stereocenters. The molecular formula is C19H28N6O4. The van der Waals surface area contributed by atoms with Gasteiger partial charge in [0.25, 0.3) is 5.91 Å². The van der Waals surface area contributed by atoms with Crippen LogP contribution in [0.3, 0.4) is 0 Å². The van der Waals surface area contributed by atoms with Crippen molar-refractivity contribution in [1.82, 2.24) is 25.3 Å². The van der Waals surface area contributed by atoms with Crippen molar-refractivity contribution in [2.75, 3.05) is 12.4 Å². The molecule has 0 aromatic carbocycles. The van der Waals surface area contributed by atoms with E-state index in [1.807, 2.05) is 13.0 Å². The Bertz CT molecular complexity index is 861. The summed E-state index contributed by atoms with van der Waals surface area (Å²) in [5, 5.41) is 25.6. The average Bonchev–Trinajstić information content (AvgIpc) is 3.35. The quantitative estimate of drug-likeness (QED) is 0.534. The molecular weight excluding hydrogens is 376 g/mol. The molecule has 10 nitrogen and oxygen atoms in total. The number of carbonyl (C=O) groups excluding carboxylic acids is 1. The van der Waals surface area contributed by atoms with Crippen molar-refractivity contribution in [2.45, 2.75) is 51.2 Å². The summed E-state index contributed by atoms with van der Waals surface area (Å²) in [5.74, 6) is 0.999. The van der Waals surface area contributed by atoms with Crippen LogP contribution in [0.25, 0.3) is 0 Å². The number of carbonyl (C=O) groups is 2. The van der Waals surface area contributed by atoms with Crippen molar-refractivity contribution in [1.29, 1.82) is 0 Å². The summed E-state index contributed by atoms with van der Waals surface area (Å²) in [5.41, 5.74) is 2.11. The minimum Gasteiger partial charge on any atom is -0.465 e. The molecule has 1 saturated carbocycles. The van der Waals surface area contributed by atoms with E-state index in [4.69, 9.17) is 9.84 Å². The summed E-state index contributed by atoms with van der Waals surface area (Å²) >= 11 is 0. The fourth-order valence-electron chi connectivity index (χ4n) is 4.09. The van der Waals surface area contributed by atoms with E-state index in [-0.39, 0.29) is 11.9 Å². The molecule has 2 aromatic rings. The molecule has 2 amide bonds. The van der Waals surface area contributed by atoms with E-state index in [1.54, 1.807) is 20.2 Å². The largest absolute Gasteiger partial charge is 0.465 e. The molecule has 0 radical (unpaired) electrons. The van der Waals surface area contributed by atoms with Crippen LogP contribution in [0.5, 0.6) is 0 Å². The highest BCUT2D eigenvalue weighted by atomic mass is 16.5. The van der Waals surface area contributed by atoms with E-state index in [0.717, 1.165) is 31.4 Å². The Morgan fingerprint density at radius 2 is 2.21 bits per heavy atom. The highest BCUT2D eigenvalue weighted by molar-refractivity contribution is 6.02. The normalized spacial score (nSPS) is 19.8. The van der Waals surface area contributed by atoms with Gasteiger partial charge in [0.1, 0.15) is 5.69 Å². The standard InChI is InChI=1S/C19H28N6O4/c1-11(20-19(27)28)6-12-4-5-13(7-12)15-9-17(23-22-15)21-18(26)16-8-14(10-29-3)24-25(16)2/h8-9,11-13,20H,4-7,10H2,1-3H3,(H,27,28)(H2,21,22,23,26)/t11?,12-,13-/m0/s1. The number of aromatic amines is 1. The summed E-state index contributed by atoms with van der Waals surface area (Å²) in [6.45, 7) is 2.24. The molecule has 3 rings (SSSR count). The first-order chi connectivity index (χ1) is 13.9. The monoisotopic (exact) mass is 404 g/mol. The Morgan fingerprint density at radius 3 is 2.93 bits per heavy atom. The molecule has 10 heteroatoms. The van der Waals surface area contributed by atoms with E-state index >= 15 is 0 Å². The van der Waals surface area contributed by atoms with Gasteiger partial charge in [0, 0.05) is 37.9 Å². The Hall–Kier alpha value is -2.88. The fourth-order valence-corrected chi connectivity index (χ4v) is 4.09. The van der Waals surface area contributed by atoms with Gasteiger partial charge in [-0.1, -0.05) is 0 Å². The van der Waals surface area contributed by atoms with Crippen LogP contribution >= 0.6 is 0 Å². The van der Waals surface area contributed by atoms with Gasteiger partial charge in [-0.3, -0.25) is 14.6 Å². The topological polar surface area (TPSA) is 134 Å². The molecule has 1 fully saturated rings. The number of hydrogen-bond donors (Lipinski definition) is 4. The van der Waals surface area contributed by atoms with E-state index in [2.05, 4.69) is 25.9 Å². The van der Waals surface area contributed by atoms with Gasteiger partial charge in [-0.15, -0.1) is 0 Å². The molecule has 0 spiro atoms. The minimum atomic E-state index is -0.983. The van der Waals surface area contributed by atoms with E-state index in [0.29, 0.717) is 35.6 Å². The van der Waals surface area contributed by atoms with Crippen molar-refractivity contribution < 1.29 is 19.4 Å². The third-order valence-corrected chi connectivity index (χ3v) is 5.33. The van der Waals surface area contributed by atoms with Gasteiger partial charge in [0.15, 0.2) is 5.82 Å². The Labute approximate surface area is 169 Å². The Morgan fingerprint density at radius 1 is 1.41 bits per heavy atom. The molecule has 1 aliphatic rings. The molecule has 0 aliphatic heterocycles. The number of aromatic nitrogens is 4. The second-order valence-corrected chi connectivity index (χ2v) is 7.70. The zero-order chi connectivity index (χ0) is 21.0. The fraction of sp³-hybridized carbons (Fsp3) is 0.579. The Balaban J connectivity index is 1.56. The van der Waals surface area contributed by atoms with Crippen LogP contribution in [0.4, 0.5) is 10.6 Å². The first-order valence-electron chi connectivity index (χ1n) is 9.73. The van der Waals surface area contributed by atoms with Gasteiger partial charge in [-0.05, 0) is 44.6 Å². The molecule has 0 saturated heterocycles. The number of nitrogens with one attached hydrogen (secondary N) is 3. The number of amides is 2. The smallest absolute Gasteiger partial charge is 0.404 e. The van der Waals surface area contributed by atoms with E-state index < -0.39 is 6.09 Å². The number of hydrogen-bond acceptors (Lipinski definition) is 5. The van der Waals surface area contributed by atoms with Gasteiger partial charge >= 0.3 is 6.09 Å². The van der Waals surface area contributed by atoms with Crippen LogP contribution in [-0.2, 0) is 18.4 Å². The molecule has 4 N–H and O–H groups in total. The predicted octanol–water partition coefficient (Wildman–Crippen LogP) is 2.47. The van der Waals surface area contributed by atoms with Crippen LogP contribution in [0.2, 0.25) is 0 Å². The third-order valence-electron chi connectivity index (χ3n) is 5.33. The van der Waals surface area contributed by atoms with E-state index in [1.165, 1.54) is 4.68 Å². The van der Waals surface area contributed by atoms with Crippen LogP contribution < -0.4 is 10.6 Å². The van der Waals surface area contributed by atoms with Crippen molar-refractivity contribution in [3.63, 3.8) is 0 Å². The van der Waals surface area contributed by atoms with Gasteiger partial charge in [-0.25, -0.2) is 4.79 Å². The van der Waals surface area contributed by atoms with Gasteiger partial charge in [0.05, 0.1) is 12.3 Å². The summed E-state index contributed by atoms with van der Waals surface area (Å²) < 4.78 is 6.57. The number of anilines is 1. The molecule has 0 bridgehead atoms. The Kier molecular flexibility index (Phi) is 6.53. The number of methoxy groups -OCH3 is 1. The zero-order valence-electron chi connectivity index (χ0n) is 16.9. The lowest BCUT2D eigenvalue weighted by Gasteiger charge is -2.16. The summed E-state index contributed by atoms with van der Waals surface area (Å²) in [6, 6.07) is 3.51. The molecule has 3 atom stereocenters. The van der Waals surface area contributed by atoms with Crippen LogP contribution in [0.15, 0.2) is 12.1 Å². The molecule has 2 aromatic heterocycles. The van der Waals surface area contributed by atoms with Crippen LogP contribution in [0.1, 0.15) is 60.4 Å². The summed E-state index contributed by atoms with van der Waals surface area (Å²) in [6.07, 6.45) is 2.88. The SMILES string of the molecule is COCc1cc(C(=O)Nc2cc([C@H]3CC[C@@H](CC(C)NC(=O)O)C3)[nH]n2)n(C)n1. The predicted molar refractivity (Wildman–Crippen MR) is 106 cm³/mol. The second-order valence-electron chi connectivity index (χ2n) is 7.70. The molecule has 29 heavy (non-hydrogen) atoms. The third kappa shape index (κ3) is 5.35. The van der Waals surface area contributed by atoms with E-state index in [9.17, 15) is 9.59 Å². The number of ether oxygens (including phenoxy) is 1. The number of H-pyrrole nitrogens is 1. The minimum absolute atomic E-state index is 0.0604. The first kappa shape index (κ1) is 20.8. The number of nitrogens with zero attached hydrogens (tertiary/aromatic N) is 3. The lowest BCUT2D eigenvalue weighted by Crippen LogP contribution is -2.32. The maximum atomic E-state index is 12.5. The number of carboxylic acid groups (broad SMARTS) is 1. The second kappa shape index (κ2) is 9.08. The molecule has 158 valence electrons. The lowest BCUT2D eigenvalue weighted by atomic mass is 9.96. The average molecular weight is 404 g/mol. The van der Waals surface area contributed by atoms with Gasteiger partial charge in [0.2, 0.25) is 0 Å². The number of rotatable bonds is 8. The van der Waals surface area contributed by atoms with Gasteiger partial charge in [-0.2, -0.15) is 10.2 Å². The van der Waals surface area contributed by atoms with Crippen molar-refractivity contribution in [3.8, 4) is 0 Å². The highest BCUT2D eigenvalue weighted by Gasteiger charge is 2.29. The molecule has 1 aliphatic carbocycles. The highest BCUT2D eigenvalue weighted by Crippen LogP contribution is 2.40. The summed E-state index contributed by atoms with van der Waals surface area (Å²) in [7, 11) is 3.29. The molecule has 2 heterocycles. The van der Waals surface area contributed by atoms with Crippen molar-refractivity contribution in [3.05, 3.63) is 29.2 Å². The van der Waals surface area contributed by atoms with Crippen LogP contribution in [0, 0.1) is 5.92 Å². The first-order valence-corrected chi connectivity index (χ1v) is 9.73. The maximum absolute atomic E-state index is 12.5. The summed E-state index contributed by atoms with van der Waals surface area (Å²) in [4.78, 5) is 23.3. The van der Waals surface area contributed by atoms with Crippen molar-refractivity contribution in [2.24, 2.45) is 13.0 Å². The van der Waals surface area contributed by atoms with Crippen LogP contribution in [-0.4, -0.2) is 50.2 Å². The van der Waals surface area contributed by atoms with Gasteiger partial charge < -0.3 is 20.5 Å². The maximum Gasteiger partial charge on any atom is 0.404 e. The lowest BCUT2D eigenvalue weighted by molar-refractivity contribution is 0.101.